The van der Waals surface area contributed by atoms with E-state index in [4.69, 9.17) is 26.3 Å². The Morgan fingerprint density at radius 2 is 0.556 bits per heavy atom. The molecule has 0 aliphatic heterocycles. The monoisotopic (exact) mass is 1200 g/mol. The molecule has 0 bridgehead atoms. The van der Waals surface area contributed by atoms with Crippen molar-refractivity contribution >= 4 is 44.6 Å². The third-order valence-corrected chi connectivity index (χ3v) is 15.4. The number of halogens is 10. The highest BCUT2D eigenvalue weighted by molar-refractivity contribution is 6.41. The highest BCUT2D eigenvalue weighted by Gasteiger charge is 2.45. The molecule has 0 heterocycles. The lowest BCUT2D eigenvalue weighted by Crippen LogP contribution is -2.06. The van der Waals surface area contributed by atoms with E-state index in [1.165, 1.54) is 13.8 Å². The van der Waals surface area contributed by atoms with Gasteiger partial charge in [-0.25, -0.2) is 58.0 Å². The maximum atomic E-state index is 14.4. The molecule has 0 saturated heterocycles. The molecule has 0 unspecified atom stereocenters. The van der Waals surface area contributed by atoms with Crippen LogP contribution in [0.5, 0.6) is 0 Å². The maximum Gasteiger partial charge on any atom is 0.416 e. The molecule has 18 heteroatoms. The number of allylic oxidation sites excluding steroid dienone is 12. The molecule has 90 heavy (non-hydrogen) atoms. The van der Waals surface area contributed by atoms with E-state index in [0.717, 1.165) is 60.7 Å². The van der Waals surface area contributed by atoms with Gasteiger partial charge in [0, 0.05) is 34.4 Å². The van der Waals surface area contributed by atoms with E-state index in [0.29, 0.717) is 77.9 Å². The van der Waals surface area contributed by atoms with Gasteiger partial charge in [-0.1, -0.05) is 84.9 Å². The Morgan fingerprint density at radius 1 is 0.333 bits per heavy atom. The van der Waals surface area contributed by atoms with Crippen molar-refractivity contribution in [2.75, 3.05) is 0 Å². The molecule has 0 spiro atoms. The van der Waals surface area contributed by atoms with E-state index < -0.39 is 46.7 Å². The van der Waals surface area contributed by atoms with Crippen LogP contribution < -0.4 is 0 Å². The molecule has 0 aromatic heterocycles. The van der Waals surface area contributed by atoms with Crippen LogP contribution in [0.1, 0.15) is 66.8 Å². The van der Waals surface area contributed by atoms with Gasteiger partial charge in [0.05, 0.1) is 61.7 Å². The Morgan fingerprint density at radius 3 is 0.767 bits per heavy atom. The summed E-state index contributed by atoms with van der Waals surface area (Å²) in [6.45, 7) is 34.3. The van der Waals surface area contributed by atoms with E-state index in [9.17, 15) is 65.0 Å². The van der Waals surface area contributed by atoms with Gasteiger partial charge >= 0.3 is 12.4 Å². The van der Waals surface area contributed by atoms with Gasteiger partial charge in [-0.2, -0.15) is 26.3 Å². The molecular weight excluding hydrogens is 1170 g/mol. The van der Waals surface area contributed by atoms with E-state index in [1.807, 2.05) is 24.3 Å². The summed E-state index contributed by atoms with van der Waals surface area (Å²) in [7, 11) is 0. The first-order valence-corrected chi connectivity index (χ1v) is 26.5. The minimum Gasteiger partial charge on any atom is -0.226 e. The number of nitrogens with zero attached hydrogens (tertiary/aromatic N) is 8. The second-order valence-electron chi connectivity index (χ2n) is 20.7. The van der Waals surface area contributed by atoms with Crippen LogP contribution in [-0.4, -0.2) is 0 Å². The summed E-state index contributed by atoms with van der Waals surface area (Å²) in [6.07, 6.45) is -9.34. The van der Waals surface area contributed by atoms with Gasteiger partial charge in [-0.05, 0) is 185 Å². The van der Waals surface area contributed by atoms with Gasteiger partial charge in [0.2, 0.25) is 0 Å². The van der Waals surface area contributed by atoms with Gasteiger partial charge in [0.15, 0.2) is 0 Å². The lowest BCUT2D eigenvalue weighted by Gasteiger charge is -2.19. The Labute approximate surface area is 506 Å². The lowest BCUT2D eigenvalue weighted by molar-refractivity contribution is -0.138. The van der Waals surface area contributed by atoms with Gasteiger partial charge in [0.1, 0.15) is 23.3 Å². The zero-order valence-electron chi connectivity index (χ0n) is 46.2. The van der Waals surface area contributed by atoms with Crippen molar-refractivity contribution in [3.05, 3.63) is 304 Å². The zero-order chi connectivity index (χ0) is 64.4. The smallest absolute Gasteiger partial charge is 0.226 e. The first kappa shape index (κ1) is 59.2. The second kappa shape index (κ2) is 22.4. The van der Waals surface area contributed by atoms with Crippen molar-refractivity contribution in [2.45, 2.75) is 26.2 Å². The molecule has 4 aliphatic carbocycles. The molecule has 0 saturated carbocycles. The Balaban J connectivity index is 0.000000187. The predicted octanol–water partition coefficient (Wildman–Crippen LogP) is 19.7. The average Bonchev–Trinajstić information content (AvgIpc) is 1.54. The molecule has 12 rings (SSSR count). The normalized spacial score (nSPS) is 15.2. The van der Waals surface area contributed by atoms with Crippen molar-refractivity contribution in [2.24, 2.45) is 0 Å². The van der Waals surface area contributed by atoms with Crippen LogP contribution in [0.15, 0.2) is 168 Å². The van der Waals surface area contributed by atoms with E-state index in [1.54, 1.807) is 84.9 Å². The fourth-order valence-electron chi connectivity index (χ4n) is 12.3. The molecule has 428 valence electrons. The highest BCUT2D eigenvalue weighted by Crippen LogP contribution is 2.65. The summed E-state index contributed by atoms with van der Waals surface area (Å²) in [4.78, 5) is 13.8. The maximum absolute atomic E-state index is 14.4. The van der Waals surface area contributed by atoms with Crippen LogP contribution in [0.25, 0.3) is 108 Å². The molecule has 4 aliphatic rings. The van der Waals surface area contributed by atoms with Crippen LogP contribution >= 0.6 is 0 Å². The van der Waals surface area contributed by atoms with E-state index in [-0.39, 0.29) is 89.6 Å². The Kier molecular flexibility index (Phi) is 14.7. The molecule has 0 atom stereocenters. The van der Waals surface area contributed by atoms with E-state index in [2.05, 4.69) is 19.4 Å². The summed E-state index contributed by atoms with van der Waals surface area (Å²) in [6, 6.07) is 39.8. The number of benzene rings is 8. The van der Waals surface area contributed by atoms with Crippen molar-refractivity contribution in [1.82, 2.24) is 0 Å². The number of fused-ring (bicyclic) bond motifs is 8. The number of hydrogen-bond acceptors (Lipinski definition) is 4. The van der Waals surface area contributed by atoms with Crippen LogP contribution in [0.2, 0.25) is 0 Å². The van der Waals surface area contributed by atoms with Crippen LogP contribution in [0.3, 0.4) is 0 Å². The second-order valence-corrected chi connectivity index (χ2v) is 20.7. The predicted molar refractivity (Wildman–Crippen MR) is 317 cm³/mol. The minimum absolute atomic E-state index is 0.109. The van der Waals surface area contributed by atoms with Crippen LogP contribution in [0.4, 0.5) is 43.9 Å². The minimum atomic E-state index is -4.67. The lowest BCUT2D eigenvalue weighted by atomic mass is 9.85. The quantitative estimate of drug-likeness (QED) is 0.0992. The third-order valence-electron chi connectivity index (χ3n) is 15.4. The van der Waals surface area contributed by atoms with Gasteiger partial charge < -0.3 is 0 Å². The number of aryl methyl sites for hydroxylation is 2. The molecule has 0 N–H and O–H groups in total. The molecule has 0 amide bonds. The molecule has 8 aromatic carbocycles. The number of hydrogen-bond donors (Lipinski definition) is 0. The zero-order valence-corrected chi connectivity index (χ0v) is 46.2. The largest absolute Gasteiger partial charge is 0.416 e. The van der Waals surface area contributed by atoms with Gasteiger partial charge in [-0.3, -0.25) is 0 Å². The number of alkyl halides is 6. The summed E-state index contributed by atoms with van der Waals surface area (Å²) in [5, 5.41) is 40.3. The third kappa shape index (κ3) is 9.71. The first-order valence-electron chi connectivity index (χ1n) is 26.5. The molecule has 8 nitrogen and oxygen atoms in total. The number of rotatable bonds is 4. The Hall–Kier alpha value is -12.6. The summed E-state index contributed by atoms with van der Waals surface area (Å²) in [5.74, 6) is -3.32. The molecular formula is C72H30F10N8. The molecule has 0 fully saturated rings. The summed E-state index contributed by atoms with van der Waals surface area (Å²) < 4.78 is 141. The fraction of sp³-hybridized carbons (Fsp3) is 0.0556. The van der Waals surface area contributed by atoms with Gasteiger partial charge in [0.25, 0.3) is 22.8 Å². The molecule has 8 aromatic rings. The number of nitriles is 4. The molecule has 0 radical (unpaired) electrons. The fourth-order valence-corrected chi connectivity index (χ4v) is 12.3. The Bertz CT molecular complexity index is 4770. The van der Waals surface area contributed by atoms with Crippen LogP contribution in [0, 0.1) is 109 Å². The SMILES string of the molecule is [C-]#[N+]/C(C#N)=C1C2=C(/C(=C(\C#N)[N+]#[C-])c3cccc(-c4cc(C)cc(C(F)(F)F)c4)c32)c2c\1cccc2-c1cc(C)cc(C(F)(F)F)c1.[C-]#[N+]\C(C#N)=C1/C2=C(\C(=C(/C#N)[N+]#[C-])c3cccc(-c4cc(F)cc(F)c4)c32)c2c1cccc2-c1cc(F)cc(F)c1. The highest BCUT2D eigenvalue weighted by atomic mass is 19.4. The van der Waals surface area contributed by atoms with Crippen molar-refractivity contribution in [3.8, 4) is 68.8 Å². The van der Waals surface area contributed by atoms with E-state index >= 15 is 0 Å². The van der Waals surface area contributed by atoms with Gasteiger partial charge in [-0.15, -0.1) is 0 Å². The first-order chi connectivity index (χ1) is 43.0. The average molecular weight is 1200 g/mol. The van der Waals surface area contributed by atoms with Crippen molar-refractivity contribution < 1.29 is 43.9 Å². The van der Waals surface area contributed by atoms with Crippen molar-refractivity contribution in [1.29, 1.82) is 21.0 Å². The van der Waals surface area contributed by atoms with Crippen molar-refractivity contribution in [3.63, 3.8) is 0 Å². The van der Waals surface area contributed by atoms with Crippen LogP contribution in [-0.2, 0) is 12.4 Å². The summed E-state index contributed by atoms with van der Waals surface area (Å²) in [5.41, 5.74) is 3.70. The topological polar surface area (TPSA) is 113 Å². The summed E-state index contributed by atoms with van der Waals surface area (Å²) >= 11 is 0. The standard InChI is InChI=1S/C38H18F6N4.C34H12F4N4/c1-19-11-21(15-23(13-19)37(39,40)41)25-7-5-9-27-31(25)35-34(30(18-46)48-4)28-10-6-8-26(32(28)36(35)33(27)29(17-45)47-3)22-12-20(2)14-24(16-22)38(42,43)44;1-41-27(15-39)31-25-7-3-5-23(17-9-19(35)13-20(36)10-17)29(25)34-32(28(16-40)42-2)26-8-4-6-24(30(26)33(31)34)18-11-21(37)14-22(38)12-18/h5-16H,1-2H3;3-14H/b33-29-,34-30+;31-27-,32-28+.